The average molecular weight is 234 g/mol. The molecule has 2 heterocycles. The van der Waals surface area contributed by atoms with E-state index in [-0.39, 0.29) is 6.04 Å². The number of ether oxygens (including phenoxy) is 1. The van der Waals surface area contributed by atoms with E-state index in [2.05, 4.69) is 15.6 Å². The van der Waals surface area contributed by atoms with Crippen molar-refractivity contribution in [2.75, 3.05) is 6.61 Å². The summed E-state index contributed by atoms with van der Waals surface area (Å²) in [4.78, 5) is 0. The van der Waals surface area contributed by atoms with Crippen molar-refractivity contribution in [3.63, 3.8) is 0 Å². The van der Waals surface area contributed by atoms with Crippen LogP contribution in [0.5, 0.6) is 0 Å². The standard InChI is InChI=1S/C12H18N4O/c1-8-6-11(9(2)16-15-8)12(14-13)10-4-3-5-17-7-10/h6-7,12,14H,3-5,13H2,1-2H3. The fourth-order valence-electron chi connectivity index (χ4n) is 2.06. The molecule has 1 aliphatic heterocycles. The van der Waals surface area contributed by atoms with E-state index in [1.165, 1.54) is 0 Å². The van der Waals surface area contributed by atoms with Gasteiger partial charge in [0.15, 0.2) is 0 Å². The fraction of sp³-hybridized carbons (Fsp3) is 0.500. The van der Waals surface area contributed by atoms with Gasteiger partial charge in [-0.3, -0.25) is 5.84 Å². The van der Waals surface area contributed by atoms with Crippen molar-refractivity contribution in [1.82, 2.24) is 15.6 Å². The Morgan fingerprint density at radius 1 is 1.41 bits per heavy atom. The maximum atomic E-state index is 5.66. The Balaban J connectivity index is 2.34. The van der Waals surface area contributed by atoms with Crippen LogP contribution < -0.4 is 11.3 Å². The Kier molecular flexibility index (Phi) is 3.71. The van der Waals surface area contributed by atoms with Crippen LogP contribution in [0, 0.1) is 13.8 Å². The van der Waals surface area contributed by atoms with Gasteiger partial charge in [-0.1, -0.05) is 0 Å². The summed E-state index contributed by atoms with van der Waals surface area (Å²) in [7, 11) is 0. The summed E-state index contributed by atoms with van der Waals surface area (Å²) in [6, 6.07) is 1.98. The third kappa shape index (κ3) is 2.62. The lowest BCUT2D eigenvalue weighted by Gasteiger charge is -2.23. The molecule has 17 heavy (non-hydrogen) atoms. The number of hydrazine groups is 1. The zero-order valence-corrected chi connectivity index (χ0v) is 10.2. The van der Waals surface area contributed by atoms with E-state index in [0.717, 1.165) is 42.0 Å². The minimum Gasteiger partial charge on any atom is -0.501 e. The van der Waals surface area contributed by atoms with Gasteiger partial charge in [0.05, 0.1) is 30.3 Å². The van der Waals surface area contributed by atoms with Gasteiger partial charge in [-0.25, -0.2) is 5.43 Å². The number of aromatic nitrogens is 2. The Labute approximate surface area is 101 Å². The number of rotatable bonds is 3. The van der Waals surface area contributed by atoms with Crippen LogP contribution in [0.3, 0.4) is 0 Å². The van der Waals surface area contributed by atoms with Crippen molar-refractivity contribution >= 4 is 0 Å². The van der Waals surface area contributed by atoms with Gasteiger partial charge in [-0.15, -0.1) is 0 Å². The molecule has 1 aromatic heterocycles. The normalized spacial score (nSPS) is 17.2. The van der Waals surface area contributed by atoms with Crippen LogP contribution >= 0.6 is 0 Å². The molecular formula is C12H18N4O. The molecule has 3 N–H and O–H groups in total. The zero-order valence-electron chi connectivity index (χ0n) is 10.2. The predicted molar refractivity (Wildman–Crippen MR) is 64.8 cm³/mol. The monoisotopic (exact) mass is 234 g/mol. The van der Waals surface area contributed by atoms with E-state index in [9.17, 15) is 0 Å². The summed E-state index contributed by atoms with van der Waals surface area (Å²) in [5, 5.41) is 8.16. The van der Waals surface area contributed by atoms with Crippen LogP contribution in [0.15, 0.2) is 17.9 Å². The molecule has 0 aliphatic carbocycles. The molecule has 0 saturated carbocycles. The highest BCUT2D eigenvalue weighted by Crippen LogP contribution is 2.28. The van der Waals surface area contributed by atoms with E-state index >= 15 is 0 Å². The molecule has 1 aromatic rings. The molecule has 0 radical (unpaired) electrons. The summed E-state index contributed by atoms with van der Waals surface area (Å²) in [6.07, 6.45) is 3.83. The molecule has 5 heteroatoms. The maximum Gasteiger partial charge on any atom is 0.0876 e. The quantitative estimate of drug-likeness (QED) is 0.609. The first-order valence-electron chi connectivity index (χ1n) is 5.80. The summed E-state index contributed by atoms with van der Waals surface area (Å²) in [5.74, 6) is 5.66. The summed E-state index contributed by atoms with van der Waals surface area (Å²) in [6.45, 7) is 4.65. The van der Waals surface area contributed by atoms with Crippen molar-refractivity contribution in [1.29, 1.82) is 0 Å². The Morgan fingerprint density at radius 2 is 2.24 bits per heavy atom. The third-order valence-corrected chi connectivity index (χ3v) is 2.95. The van der Waals surface area contributed by atoms with Gasteiger partial charge in [-0.05, 0) is 43.9 Å². The number of hydrogen-bond acceptors (Lipinski definition) is 5. The lowest BCUT2D eigenvalue weighted by atomic mass is 9.95. The molecule has 2 rings (SSSR count). The molecule has 0 saturated heterocycles. The molecule has 1 atom stereocenters. The van der Waals surface area contributed by atoms with Crippen molar-refractivity contribution in [3.05, 3.63) is 34.9 Å². The summed E-state index contributed by atoms with van der Waals surface area (Å²) < 4.78 is 5.36. The molecule has 1 unspecified atom stereocenters. The molecule has 0 aromatic carbocycles. The summed E-state index contributed by atoms with van der Waals surface area (Å²) >= 11 is 0. The fourth-order valence-corrected chi connectivity index (χ4v) is 2.06. The molecule has 0 bridgehead atoms. The van der Waals surface area contributed by atoms with Gasteiger partial charge in [-0.2, -0.15) is 10.2 Å². The largest absolute Gasteiger partial charge is 0.501 e. The van der Waals surface area contributed by atoms with Crippen molar-refractivity contribution in [2.24, 2.45) is 5.84 Å². The van der Waals surface area contributed by atoms with Crippen LogP contribution in [0.4, 0.5) is 0 Å². The minimum atomic E-state index is -0.0375. The smallest absolute Gasteiger partial charge is 0.0876 e. The highest BCUT2D eigenvalue weighted by Gasteiger charge is 2.20. The van der Waals surface area contributed by atoms with Gasteiger partial charge in [0.1, 0.15) is 0 Å². The third-order valence-electron chi connectivity index (χ3n) is 2.95. The van der Waals surface area contributed by atoms with Crippen molar-refractivity contribution < 1.29 is 4.74 Å². The molecule has 0 fully saturated rings. The van der Waals surface area contributed by atoms with Crippen LogP contribution in [0.25, 0.3) is 0 Å². The zero-order chi connectivity index (χ0) is 12.3. The first kappa shape index (κ1) is 12.0. The average Bonchev–Trinajstić information content (AvgIpc) is 2.36. The van der Waals surface area contributed by atoms with Crippen LogP contribution in [0.2, 0.25) is 0 Å². The topological polar surface area (TPSA) is 73.1 Å². The van der Waals surface area contributed by atoms with Crippen LogP contribution in [-0.4, -0.2) is 16.8 Å². The van der Waals surface area contributed by atoms with Gasteiger partial charge < -0.3 is 4.74 Å². The van der Waals surface area contributed by atoms with E-state index < -0.39 is 0 Å². The number of aryl methyl sites for hydroxylation is 2. The number of nitrogens with zero attached hydrogens (tertiary/aromatic N) is 2. The van der Waals surface area contributed by atoms with E-state index in [1.54, 1.807) is 0 Å². The second kappa shape index (κ2) is 5.25. The van der Waals surface area contributed by atoms with Crippen LogP contribution in [-0.2, 0) is 4.74 Å². The predicted octanol–water partition coefficient (Wildman–Crippen LogP) is 1.29. The highest BCUT2D eigenvalue weighted by atomic mass is 16.5. The number of hydrogen-bond donors (Lipinski definition) is 2. The molecule has 1 aliphatic rings. The number of nitrogens with one attached hydrogen (secondary N) is 1. The molecule has 0 amide bonds. The van der Waals surface area contributed by atoms with Crippen molar-refractivity contribution in [2.45, 2.75) is 32.7 Å². The maximum absolute atomic E-state index is 5.66. The second-order valence-corrected chi connectivity index (χ2v) is 4.29. The Hall–Kier alpha value is -1.46. The van der Waals surface area contributed by atoms with E-state index in [4.69, 9.17) is 10.6 Å². The number of nitrogens with two attached hydrogens (primary N) is 1. The first-order chi connectivity index (χ1) is 8.22. The Morgan fingerprint density at radius 3 is 2.88 bits per heavy atom. The first-order valence-corrected chi connectivity index (χ1v) is 5.80. The van der Waals surface area contributed by atoms with E-state index in [0.29, 0.717) is 0 Å². The minimum absolute atomic E-state index is 0.0375. The Bertz CT molecular complexity index is 431. The SMILES string of the molecule is Cc1cc(C(NN)C2=COCCC2)c(C)nn1. The lowest BCUT2D eigenvalue weighted by molar-refractivity contribution is 0.219. The van der Waals surface area contributed by atoms with Crippen LogP contribution in [0.1, 0.15) is 35.8 Å². The van der Waals surface area contributed by atoms with E-state index in [1.807, 2.05) is 26.2 Å². The summed E-state index contributed by atoms with van der Waals surface area (Å²) in [5.41, 5.74) is 6.85. The van der Waals surface area contributed by atoms with Gasteiger partial charge >= 0.3 is 0 Å². The van der Waals surface area contributed by atoms with Gasteiger partial charge in [0.25, 0.3) is 0 Å². The molecule has 92 valence electrons. The van der Waals surface area contributed by atoms with Gasteiger partial charge in [0, 0.05) is 0 Å². The molecular weight excluding hydrogens is 216 g/mol. The highest BCUT2D eigenvalue weighted by molar-refractivity contribution is 5.31. The molecule has 5 nitrogen and oxygen atoms in total. The van der Waals surface area contributed by atoms with Crippen molar-refractivity contribution in [3.8, 4) is 0 Å². The molecule has 0 spiro atoms. The van der Waals surface area contributed by atoms with Gasteiger partial charge in [0.2, 0.25) is 0 Å². The lowest BCUT2D eigenvalue weighted by Crippen LogP contribution is -2.31. The second-order valence-electron chi connectivity index (χ2n) is 4.29.